The number of fused-ring (bicyclic) bond motifs is 1. The van der Waals surface area contributed by atoms with Gasteiger partial charge in [0.15, 0.2) is 0 Å². The molecule has 2 heterocycles. The van der Waals surface area contributed by atoms with Crippen molar-refractivity contribution in [3.05, 3.63) is 47.9 Å². The van der Waals surface area contributed by atoms with E-state index in [-0.39, 0.29) is 18.6 Å². The number of carbonyl (C=O) groups is 1. The summed E-state index contributed by atoms with van der Waals surface area (Å²) in [6.07, 6.45) is 3.63. The van der Waals surface area contributed by atoms with Crippen LogP contribution in [0.15, 0.2) is 36.8 Å². The normalized spacial score (nSPS) is 12.5. The fourth-order valence-electron chi connectivity index (χ4n) is 3.01. The zero-order chi connectivity index (χ0) is 19.6. The van der Waals surface area contributed by atoms with E-state index in [0.717, 1.165) is 34.4 Å². The van der Waals surface area contributed by atoms with Crippen molar-refractivity contribution in [2.75, 3.05) is 6.61 Å². The summed E-state index contributed by atoms with van der Waals surface area (Å²) in [5.41, 5.74) is 4.96. The first-order valence-electron chi connectivity index (χ1n) is 9.22. The van der Waals surface area contributed by atoms with Gasteiger partial charge in [-0.05, 0) is 43.5 Å². The lowest BCUT2D eigenvalue weighted by molar-refractivity contribution is 0.0922. The maximum absolute atomic E-state index is 12.7. The molecule has 1 amide bonds. The fraction of sp³-hybridized carbons (Fsp3) is 0.381. The first-order chi connectivity index (χ1) is 12.9. The average molecular weight is 366 g/mol. The van der Waals surface area contributed by atoms with Crippen LogP contribution >= 0.6 is 0 Å². The number of hydrogen-bond acceptors (Lipinski definition) is 4. The third kappa shape index (κ3) is 4.17. The van der Waals surface area contributed by atoms with Crippen molar-refractivity contribution in [3.63, 3.8) is 0 Å². The van der Waals surface area contributed by atoms with Gasteiger partial charge in [0.2, 0.25) is 0 Å². The molecule has 3 rings (SSSR count). The molecule has 142 valence electrons. The minimum Gasteiger partial charge on any atom is -0.394 e. The lowest BCUT2D eigenvalue weighted by Gasteiger charge is -2.13. The summed E-state index contributed by atoms with van der Waals surface area (Å²) in [6, 6.07) is 7.33. The van der Waals surface area contributed by atoms with Gasteiger partial charge in [-0.1, -0.05) is 19.9 Å². The zero-order valence-electron chi connectivity index (χ0n) is 16.2. The summed E-state index contributed by atoms with van der Waals surface area (Å²) >= 11 is 0. The number of rotatable bonds is 6. The van der Waals surface area contributed by atoms with E-state index >= 15 is 0 Å². The van der Waals surface area contributed by atoms with E-state index in [1.165, 1.54) is 0 Å². The number of nitrogens with zero attached hydrogens (tertiary/aromatic N) is 3. The van der Waals surface area contributed by atoms with Crippen LogP contribution in [0.1, 0.15) is 36.7 Å². The SMILES string of the molecule is Cc1ccc(-c2cc(C(=O)NC(C)CO)cc3c2ncn3CC(C)C)nc1. The number of benzene rings is 1. The number of imidazole rings is 1. The zero-order valence-corrected chi connectivity index (χ0v) is 16.2. The van der Waals surface area contributed by atoms with Crippen LogP contribution in [0, 0.1) is 12.8 Å². The van der Waals surface area contributed by atoms with E-state index in [9.17, 15) is 9.90 Å². The molecule has 1 unspecified atom stereocenters. The number of amides is 1. The van der Waals surface area contributed by atoms with Crippen LogP contribution in [0.2, 0.25) is 0 Å². The molecule has 2 N–H and O–H groups in total. The first-order valence-corrected chi connectivity index (χ1v) is 9.22. The predicted octanol–water partition coefficient (Wildman–Crippen LogP) is 3.17. The molecule has 1 aromatic carbocycles. The number of nitrogens with one attached hydrogen (secondary N) is 1. The lowest BCUT2D eigenvalue weighted by atomic mass is 10.0. The average Bonchev–Trinajstić information content (AvgIpc) is 3.03. The van der Waals surface area contributed by atoms with E-state index in [0.29, 0.717) is 11.5 Å². The maximum atomic E-state index is 12.7. The van der Waals surface area contributed by atoms with Crippen LogP contribution in [0.25, 0.3) is 22.3 Å². The summed E-state index contributed by atoms with van der Waals surface area (Å²) in [5, 5.41) is 12.0. The Kier molecular flexibility index (Phi) is 5.56. The Morgan fingerprint density at radius 1 is 1.22 bits per heavy atom. The Morgan fingerprint density at radius 2 is 2.00 bits per heavy atom. The minimum atomic E-state index is -0.310. The molecule has 27 heavy (non-hydrogen) atoms. The van der Waals surface area contributed by atoms with Crippen LogP contribution in [0.5, 0.6) is 0 Å². The summed E-state index contributed by atoms with van der Waals surface area (Å²) in [6.45, 7) is 8.76. The first kappa shape index (κ1) is 19.0. The van der Waals surface area contributed by atoms with Gasteiger partial charge in [0, 0.05) is 29.9 Å². The van der Waals surface area contributed by atoms with E-state index in [1.807, 2.05) is 43.7 Å². The Balaban J connectivity index is 2.15. The van der Waals surface area contributed by atoms with Crippen molar-refractivity contribution < 1.29 is 9.90 Å². The molecule has 0 aliphatic carbocycles. The highest BCUT2D eigenvalue weighted by atomic mass is 16.3. The molecule has 0 spiro atoms. The van der Waals surface area contributed by atoms with Gasteiger partial charge in [-0.3, -0.25) is 9.78 Å². The molecule has 0 fully saturated rings. The smallest absolute Gasteiger partial charge is 0.251 e. The highest BCUT2D eigenvalue weighted by Gasteiger charge is 2.17. The largest absolute Gasteiger partial charge is 0.394 e. The van der Waals surface area contributed by atoms with Crippen LogP contribution in [-0.2, 0) is 6.54 Å². The van der Waals surface area contributed by atoms with Gasteiger partial charge in [-0.25, -0.2) is 4.98 Å². The van der Waals surface area contributed by atoms with Gasteiger partial charge in [-0.2, -0.15) is 0 Å². The number of carbonyl (C=O) groups excluding carboxylic acids is 1. The van der Waals surface area contributed by atoms with Crippen molar-refractivity contribution in [3.8, 4) is 11.3 Å². The minimum absolute atomic E-state index is 0.106. The van der Waals surface area contributed by atoms with Gasteiger partial charge in [0.1, 0.15) is 0 Å². The molecule has 0 saturated heterocycles. The van der Waals surface area contributed by atoms with Crippen LogP contribution < -0.4 is 5.32 Å². The molecule has 3 aromatic rings. The van der Waals surface area contributed by atoms with Crippen molar-refractivity contribution in [2.45, 2.75) is 40.3 Å². The third-order valence-electron chi connectivity index (χ3n) is 4.39. The predicted molar refractivity (Wildman–Crippen MR) is 107 cm³/mol. The molecule has 2 aromatic heterocycles. The Labute approximate surface area is 159 Å². The number of pyridine rings is 1. The van der Waals surface area contributed by atoms with Crippen molar-refractivity contribution in [2.24, 2.45) is 5.92 Å². The number of aryl methyl sites for hydroxylation is 1. The molecule has 0 aliphatic rings. The molecule has 0 saturated carbocycles. The van der Waals surface area contributed by atoms with E-state index < -0.39 is 0 Å². The van der Waals surface area contributed by atoms with E-state index in [2.05, 4.69) is 33.7 Å². The second-order valence-corrected chi connectivity index (χ2v) is 7.46. The number of aromatic nitrogens is 3. The topological polar surface area (TPSA) is 80.0 Å². The molecule has 0 radical (unpaired) electrons. The van der Waals surface area contributed by atoms with Crippen molar-refractivity contribution >= 4 is 16.9 Å². The molecule has 0 aliphatic heterocycles. The van der Waals surface area contributed by atoms with Crippen LogP contribution in [0.3, 0.4) is 0 Å². The summed E-state index contributed by atoms with van der Waals surface area (Å²) in [7, 11) is 0. The van der Waals surface area contributed by atoms with Gasteiger partial charge >= 0.3 is 0 Å². The van der Waals surface area contributed by atoms with Gasteiger partial charge in [0.25, 0.3) is 5.91 Å². The Bertz CT molecular complexity index is 945. The molecular formula is C21H26N4O2. The fourth-order valence-corrected chi connectivity index (χ4v) is 3.01. The standard InChI is InChI=1S/C21H26N4O2/c1-13(2)10-25-12-23-20-17(18-6-5-14(3)9-22-18)7-16(8-19(20)25)21(27)24-15(4)11-26/h5-9,12-13,15,26H,10-11H2,1-4H3,(H,24,27). The van der Waals surface area contributed by atoms with Gasteiger partial charge < -0.3 is 15.0 Å². The van der Waals surface area contributed by atoms with Crippen LogP contribution in [0.4, 0.5) is 0 Å². The maximum Gasteiger partial charge on any atom is 0.251 e. The molecular weight excluding hydrogens is 340 g/mol. The van der Waals surface area contributed by atoms with Gasteiger partial charge in [-0.15, -0.1) is 0 Å². The Hall–Kier alpha value is -2.73. The van der Waals surface area contributed by atoms with Crippen LogP contribution in [-0.4, -0.2) is 38.2 Å². The summed E-state index contributed by atoms with van der Waals surface area (Å²) in [5.74, 6) is 0.236. The number of aliphatic hydroxyl groups is 1. The monoisotopic (exact) mass is 366 g/mol. The van der Waals surface area contributed by atoms with E-state index in [4.69, 9.17) is 0 Å². The third-order valence-corrected chi connectivity index (χ3v) is 4.39. The lowest BCUT2D eigenvalue weighted by Crippen LogP contribution is -2.35. The highest BCUT2D eigenvalue weighted by Crippen LogP contribution is 2.29. The highest BCUT2D eigenvalue weighted by molar-refractivity contribution is 6.02. The Morgan fingerprint density at radius 3 is 2.63 bits per heavy atom. The molecule has 6 nitrogen and oxygen atoms in total. The molecule has 0 bridgehead atoms. The summed E-state index contributed by atoms with van der Waals surface area (Å²) in [4.78, 5) is 21.8. The van der Waals surface area contributed by atoms with Gasteiger partial charge in [0.05, 0.1) is 29.7 Å². The second-order valence-electron chi connectivity index (χ2n) is 7.46. The molecule has 1 atom stereocenters. The summed E-state index contributed by atoms with van der Waals surface area (Å²) < 4.78 is 2.07. The molecule has 6 heteroatoms. The quantitative estimate of drug-likeness (QED) is 0.702. The number of hydrogen-bond donors (Lipinski definition) is 2. The number of aliphatic hydroxyl groups excluding tert-OH is 1. The van der Waals surface area contributed by atoms with Crippen molar-refractivity contribution in [1.82, 2.24) is 19.9 Å². The second kappa shape index (κ2) is 7.88. The van der Waals surface area contributed by atoms with Crippen molar-refractivity contribution in [1.29, 1.82) is 0 Å². The van der Waals surface area contributed by atoms with E-state index in [1.54, 1.807) is 6.92 Å².